The van der Waals surface area contributed by atoms with E-state index in [0.29, 0.717) is 5.92 Å². The Balaban J connectivity index is 1.65. The van der Waals surface area contributed by atoms with Crippen molar-refractivity contribution in [1.29, 1.82) is 0 Å². The van der Waals surface area contributed by atoms with Crippen LogP contribution in [0.3, 0.4) is 0 Å². The van der Waals surface area contributed by atoms with Crippen LogP contribution in [0.5, 0.6) is 0 Å². The molecule has 0 radical (unpaired) electrons. The Labute approximate surface area is 150 Å². The van der Waals surface area contributed by atoms with Crippen LogP contribution in [0.25, 0.3) is 0 Å². The lowest BCUT2D eigenvalue weighted by Gasteiger charge is -2.32. The summed E-state index contributed by atoms with van der Waals surface area (Å²) < 4.78 is 5.51. The highest BCUT2D eigenvalue weighted by Crippen LogP contribution is 2.28. The van der Waals surface area contributed by atoms with Crippen molar-refractivity contribution in [3.8, 4) is 0 Å². The number of carbonyl (C=O) groups excluding carboxylic acids is 1. The van der Waals surface area contributed by atoms with Gasteiger partial charge < -0.3 is 9.73 Å². The van der Waals surface area contributed by atoms with Gasteiger partial charge in [-0.15, -0.1) is 0 Å². The Morgan fingerprint density at radius 3 is 2.48 bits per heavy atom. The van der Waals surface area contributed by atoms with Gasteiger partial charge in [-0.1, -0.05) is 45.7 Å². The highest BCUT2D eigenvalue weighted by atomic mass is 16.3. The molecule has 134 valence electrons. The summed E-state index contributed by atoms with van der Waals surface area (Å²) >= 11 is 0. The van der Waals surface area contributed by atoms with Crippen molar-refractivity contribution in [3.05, 3.63) is 59.5 Å². The molecular weight excluding hydrogens is 310 g/mol. The lowest BCUT2D eigenvalue weighted by atomic mass is 9.81. The molecule has 0 bridgehead atoms. The van der Waals surface area contributed by atoms with Crippen LogP contribution < -0.4 is 5.32 Å². The first-order valence-corrected chi connectivity index (χ1v) is 9.37. The van der Waals surface area contributed by atoms with E-state index in [1.807, 2.05) is 24.3 Å². The molecule has 0 saturated heterocycles. The smallest absolute Gasteiger partial charge is 0.251 e. The quantitative estimate of drug-likeness (QED) is 0.841. The third-order valence-corrected chi connectivity index (χ3v) is 5.28. The van der Waals surface area contributed by atoms with Gasteiger partial charge in [0.05, 0.1) is 6.26 Å². The van der Waals surface area contributed by atoms with Gasteiger partial charge in [0.1, 0.15) is 5.76 Å². The van der Waals surface area contributed by atoms with E-state index in [0.717, 1.165) is 30.6 Å². The van der Waals surface area contributed by atoms with Crippen LogP contribution in [0.15, 0.2) is 47.1 Å². The van der Waals surface area contributed by atoms with E-state index >= 15 is 0 Å². The highest BCUT2D eigenvalue weighted by Gasteiger charge is 2.27. The SMILES string of the molecule is CC(C)(C)c1ccc(C(=O)N[C@H]2CCCC[C@@H]2Cc2ccco2)cc1. The summed E-state index contributed by atoms with van der Waals surface area (Å²) in [6.07, 6.45) is 7.25. The lowest BCUT2D eigenvalue weighted by molar-refractivity contribution is 0.0904. The summed E-state index contributed by atoms with van der Waals surface area (Å²) in [4.78, 5) is 12.7. The van der Waals surface area contributed by atoms with Crippen molar-refractivity contribution in [2.45, 2.75) is 64.3 Å². The second kappa shape index (κ2) is 7.47. The topological polar surface area (TPSA) is 42.2 Å². The van der Waals surface area contributed by atoms with Crippen molar-refractivity contribution >= 4 is 5.91 Å². The summed E-state index contributed by atoms with van der Waals surface area (Å²) in [5.41, 5.74) is 2.10. The molecule has 3 rings (SSSR count). The van der Waals surface area contributed by atoms with Crippen LogP contribution in [-0.4, -0.2) is 11.9 Å². The van der Waals surface area contributed by atoms with Crippen molar-refractivity contribution in [3.63, 3.8) is 0 Å². The molecule has 2 atom stereocenters. The second-order valence-corrected chi connectivity index (χ2v) is 8.24. The minimum atomic E-state index is 0.0387. The van der Waals surface area contributed by atoms with Crippen molar-refractivity contribution < 1.29 is 9.21 Å². The second-order valence-electron chi connectivity index (χ2n) is 8.24. The van der Waals surface area contributed by atoms with Crippen LogP contribution in [0.2, 0.25) is 0 Å². The number of nitrogens with one attached hydrogen (secondary N) is 1. The van der Waals surface area contributed by atoms with Crippen LogP contribution in [0, 0.1) is 5.92 Å². The lowest BCUT2D eigenvalue weighted by Crippen LogP contribution is -2.42. The maximum atomic E-state index is 12.7. The Bertz CT molecular complexity index is 680. The fourth-order valence-corrected chi connectivity index (χ4v) is 3.70. The summed E-state index contributed by atoms with van der Waals surface area (Å²) in [6.45, 7) is 6.55. The van der Waals surface area contributed by atoms with E-state index < -0.39 is 0 Å². The molecule has 1 aromatic heterocycles. The number of amides is 1. The highest BCUT2D eigenvalue weighted by molar-refractivity contribution is 5.94. The average Bonchev–Trinajstić information content (AvgIpc) is 3.09. The average molecular weight is 339 g/mol. The first-order chi connectivity index (χ1) is 11.9. The Hall–Kier alpha value is -2.03. The Morgan fingerprint density at radius 1 is 1.12 bits per heavy atom. The molecule has 25 heavy (non-hydrogen) atoms. The Morgan fingerprint density at radius 2 is 1.84 bits per heavy atom. The van der Waals surface area contributed by atoms with Crippen molar-refractivity contribution in [1.82, 2.24) is 5.32 Å². The van der Waals surface area contributed by atoms with Gasteiger partial charge in [-0.25, -0.2) is 0 Å². The third kappa shape index (κ3) is 4.53. The summed E-state index contributed by atoms with van der Waals surface area (Å²) in [5, 5.41) is 3.28. The molecular formula is C22H29NO2. The molecule has 1 N–H and O–H groups in total. The number of hydrogen-bond acceptors (Lipinski definition) is 2. The third-order valence-electron chi connectivity index (χ3n) is 5.28. The predicted molar refractivity (Wildman–Crippen MR) is 101 cm³/mol. The van der Waals surface area contributed by atoms with Gasteiger partial charge in [0.25, 0.3) is 5.91 Å². The fraction of sp³-hybridized carbons (Fsp3) is 0.500. The minimum absolute atomic E-state index is 0.0387. The molecule has 3 heteroatoms. The van der Waals surface area contributed by atoms with Crippen molar-refractivity contribution in [2.75, 3.05) is 0 Å². The van der Waals surface area contributed by atoms with Crippen LogP contribution in [0.4, 0.5) is 0 Å². The molecule has 1 aromatic carbocycles. The molecule has 1 amide bonds. The van der Waals surface area contributed by atoms with E-state index in [9.17, 15) is 4.79 Å². The number of hydrogen-bond donors (Lipinski definition) is 1. The standard InChI is InChI=1S/C22H29NO2/c1-22(2,3)18-12-10-16(11-13-18)21(24)23-20-9-5-4-7-17(20)15-19-8-6-14-25-19/h6,8,10-14,17,20H,4-5,7,9,15H2,1-3H3,(H,23,24)/t17-,20+/m1/s1. The van der Waals surface area contributed by atoms with Gasteiger partial charge in [-0.2, -0.15) is 0 Å². The van der Waals surface area contributed by atoms with E-state index in [-0.39, 0.29) is 17.4 Å². The zero-order valence-corrected chi connectivity index (χ0v) is 15.5. The monoisotopic (exact) mass is 339 g/mol. The molecule has 1 aliphatic rings. The summed E-state index contributed by atoms with van der Waals surface area (Å²) in [5.74, 6) is 1.51. The van der Waals surface area contributed by atoms with Gasteiger partial charge in [-0.05, 0) is 54.0 Å². The van der Waals surface area contributed by atoms with Crippen LogP contribution in [0.1, 0.15) is 68.1 Å². The molecule has 0 aliphatic heterocycles. The number of benzene rings is 1. The maximum absolute atomic E-state index is 12.7. The normalized spacial score (nSPS) is 21.1. The number of carbonyl (C=O) groups is 1. The minimum Gasteiger partial charge on any atom is -0.469 e. The van der Waals surface area contributed by atoms with Gasteiger partial charge in [0.15, 0.2) is 0 Å². The molecule has 1 saturated carbocycles. The number of rotatable bonds is 4. The van der Waals surface area contributed by atoms with E-state index in [1.54, 1.807) is 6.26 Å². The van der Waals surface area contributed by atoms with Gasteiger partial charge in [0.2, 0.25) is 0 Å². The Kier molecular flexibility index (Phi) is 5.31. The first kappa shape index (κ1) is 17.8. The van der Waals surface area contributed by atoms with Gasteiger partial charge in [0, 0.05) is 18.0 Å². The van der Waals surface area contributed by atoms with E-state index in [4.69, 9.17) is 4.42 Å². The van der Waals surface area contributed by atoms with Crippen LogP contribution >= 0.6 is 0 Å². The molecule has 1 fully saturated rings. The summed E-state index contributed by atoms with van der Waals surface area (Å²) in [6, 6.07) is 12.2. The molecule has 2 aromatic rings. The van der Waals surface area contributed by atoms with Gasteiger partial charge in [-0.3, -0.25) is 4.79 Å². The van der Waals surface area contributed by atoms with E-state index in [2.05, 4.69) is 38.2 Å². The van der Waals surface area contributed by atoms with Crippen LogP contribution in [-0.2, 0) is 11.8 Å². The summed E-state index contributed by atoms with van der Waals surface area (Å²) in [7, 11) is 0. The number of furan rings is 1. The van der Waals surface area contributed by atoms with E-state index in [1.165, 1.54) is 18.4 Å². The molecule has 1 aliphatic carbocycles. The molecule has 1 heterocycles. The molecule has 0 spiro atoms. The predicted octanol–water partition coefficient (Wildman–Crippen LogP) is 5.11. The first-order valence-electron chi connectivity index (χ1n) is 9.37. The maximum Gasteiger partial charge on any atom is 0.251 e. The largest absolute Gasteiger partial charge is 0.469 e. The fourth-order valence-electron chi connectivity index (χ4n) is 3.70. The van der Waals surface area contributed by atoms with Gasteiger partial charge >= 0.3 is 0 Å². The molecule has 3 nitrogen and oxygen atoms in total. The molecule has 0 unspecified atom stereocenters. The van der Waals surface area contributed by atoms with Crippen molar-refractivity contribution in [2.24, 2.45) is 5.92 Å². The zero-order valence-electron chi connectivity index (χ0n) is 15.5. The zero-order chi connectivity index (χ0) is 17.9.